The summed E-state index contributed by atoms with van der Waals surface area (Å²) in [4.78, 5) is -0.178. The molecule has 0 saturated heterocycles. The van der Waals surface area contributed by atoms with Gasteiger partial charge >= 0.3 is 0 Å². The summed E-state index contributed by atoms with van der Waals surface area (Å²) in [5, 5.41) is 1.36. The van der Waals surface area contributed by atoms with Crippen LogP contribution in [0.3, 0.4) is 0 Å². The molecule has 5 heteroatoms. The maximum Gasteiger partial charge on any atom is 0.212 e. The first kappa shape index (κ1) is 17.6. The topological polar surface area (TPSA) is 61.1 Å². The number of aromatic nitrogens is 1. The third-order valence-electron chi connectivity index (χ3n) is 4.40. The number of rotatable bonds is 1. The Morgan fingerprint density at radius 1 is 0.920 bits per heavy atom. The van der Waals surface area contributed by atoms with Gasteiger partial charge in [-0.1, -0.05) is 29.8 Å². The molecule has 130 valence electrons. The molecule has 2 heterocycles. The molecule has 4 rings (SSSR count). The van der Waals surface area contributed by atoms with Gasteiger partial charge in [-0.05, 0) is 37.6 Å². The van der Waals surface area contributed by atoms with E-state index < -0.39 is 10.1 Å². The van der Waals surface area contributed by atoms with Crippen LogP contribution in [-0.2, 0) is 23.1 Å². The highest BCUT2D eigenvalue weighted by atomic mass is 32.2. The first-order valence-corrected chi connectivity index (χ1v) is 9.79. The van der Waals surface area contributed by atoms with Gasteiger partial charge < -0.3 is 4.55 Å². The van der Waals surface area contributed by atoms with Crippen molar-refractivity contribution in [2.24, 2.45) is 0 Å². The van der Waals surface area contributed by atoms with E-state index in [-0.39, 0.29) is 4.90 Å². The lowest BCUT2D eigenvalue weighted by molar-refractivity contribution is -0.684. The average molecular weight is 355 g/mol. The van der Waals surface area contributed by atoms with Crippen molar-refractivity contribution in [3.63, 3.8) is 0 Å². The largest absolute Gasteiger partial charge is 0.744 e. The van der Waals surface area contributed by atoms with E-state index in [1.54, 1.807) is 12.1 Å². The molecular weight excluding hydrogens is 334 g/mol. The number of hydrogen-bond donors (Lipinski definition) is 0. The molecule has 0 bridgehead atoms. The Kier molecular flexibility index (Phi) is 5.16. The van der Waals surface area contributed by atoms with E-state index in [1.807, 2.05) is 6.92 Å². The highest BCUT2D eigenvalue weighted by molar-refractivity contribution is 7.85. The second-order valence-corrected chi connectivity index (χ2v) is 7.64. The third kappa shape index (κ3) is 4.24. The van der Waals surface area contributed by atoms with Gasteiger partial charge in [-0.3, -0.25) is 0 Å². The summed E-state index contributed by atoms with van der Waals surface area (Å²) in [6.45, 7) is 3.01. The minimum Gasteiger partial charge on any atom is -0.744 e. The highest BCUT2D eigenvalue weighted by Crippen LogP contribution is 2.15. The zero-order valence-corrected chi connectivity index (χ0v) is 15.0. The maximum atomic E-state index is 10.4. The molecular formula is C20H21NO3S. The van der Waals surface area contributed by atoms with E-state index in [2.05, 4.69) is 41.0 Å². The van der Waals surface area contributed by atoms with Crippen LogP contribution in [0.1, 0.15) is 24.1 Å². The summed E-state index contributed by atoms with van der Waals surface area (Å²) < 4.78 is 33.6. The molecule has 0 amide bonds. The van der Waals surface area contributed by atoms with Gasteiger partial charge in [0.25, 0.3) is 0 Å². The predicted octanol–water partition coefficient (Wildman–Crippen LogP) is 3.36. The second kappa shape index (κ2) is 7.33. The van der Waals surface area contributed by atoms with Crippen molar-refractivity contribution in [1.82, 2.24) is 0 Å². The molecule has 1 aromatic heterocycles. The normalized spacial score (nSPS) is 13.7. The molecule has 0 radical (unpaired) electrons. The number of para-hydroxylation sites is 1. The number of aryl methyl sites for hydroxylation is 3. The maximum absolute atomic E-state index is 10.4. The molecule has 25 heavy (non-hydrogen) atoms. The van der Waals surface area contributed by atoms with Gasteiger partial charge in [0.2, 0.25) is 5.52 Å². The van der Waals surface area contributed by atoms with Crippen LogP contribution < -0.4 is 4.57 Å². The Balaban J connectivity index is 0.000000151. The van der Waals surface area contributed by atoms with Crippen LogP contribution in [0.2, 0.25) is 0 Å². The molecule has 3 aromatic rings. The van der Waals surface area contributed by atoms with Gasteiger partial charge in [0.1, 0.15) is 16.7 Å². The van der Waals surface area contributed by atoms with E-state index >= 15 is 0 Å². The molecule has 0 aliphatic carbocycles. The van der Waals surface area contributed by atoms with E-state index in [0.717, 1.165) is 5.56 Å². The predicted molar refractivity (Wildman–Crippen MR) is 96.2 cm³/mol. The van der Waals surface area contributed by atoms with Gasteiger partial charge in [-0.15, -0.1) is 0 Å². The Bertz CT molecular complexity index is 979. The third-order valence-corrected chi connectivity index (χ3v) is 5.25. The van der Waals surface area contributed by atoms with Crippen LogP contribution in [0.4, 0.5) is 0 Å². The van der Waals surface area contributed by atoms with Crippen molar-refractivity contribution in [1.29, 1.82) is 0 Å². The Morgan fingerprint density at radius 2 is 1.64 bits per heavy atom. The van der Waals surface area contributed by atoms with Crippen LogP contribution in [0, 0.1) is 6.92 Å². The number of hydrogen-bond acceptors (Lipinski definition) is 3. The van der Waals surface area contributed by atoms with Crippen LogP contribution in [0.15, 0.2) is 65.6 Å². The molecule has 0 fully saturated rings. The fraction of sp³-hybridized carbons (Fsp3) is 0.250. The first-order chi connectivity index (χ1) is 11.9. The lowest BCUT2D eigenvalue weighted by Crippen LogP contribution is -2.41. The molecule has 1 aliphatic heterocycles. The van der Waals surface area contributed by atoms with Gasteiger partial charge in [0.05, 0.1) is 4.90 Å². The van der Waals surface area contributed by atoms with E-state index in [1.165, 1.54) is 54.5 Å². The van der Waals surface area contributed by atoms with E-state index in [0.29, 0.717) is 0 Å². The first-order valence-electron chi connectivity index (χ1n) is 8.38. The Morgan fingerprint density at radius 3 is 2.36 bits per heavy atom. The molecule has 0 saturated carbocycles. The van der Waals surface area contributed by atoms with Gasteiger partial charge in [0, 0.05) is 30.4 Å². The molecule has 1 aliphatic rings. The lowest BCUT2D eigenvalue weighted by Gasteiger charge is -2.11. The van der Waals surface area contributed by atoms with Crippen molar-refractivity contribution in [2.45, 2.75) is 37.6 Å². The lowest BCUT2D eigenvalue weighted by atomic mass is 10.1. The SMILES string of the molecule is Cc1ccc(S(=O)(=O)[O-])cc1.c1ccc2c(c1)ccc1[n+]2CCCC1. The van der Waals surface area contributed by atoms with Gasteiger partial charge in [-0.25, -0.2) is 8.42 Å². The van der Waals surface area contributed by atoms with Crippen LogP contribution in [0.5, 0.6) is 0 Å². The Labute approximate surface area is 148 Å². The molecule has 4 nitrogen and oxygen atoms in total. The monoisotopic (exact) mass is 355 g/mol. The van der Waals surface area contributed by atoms with Crippen molar-refractivity contribution in [2.75, 3.05) is 0 Å². The van der Waals surface area contributed by atoms with Crippen molar-refractivity contribution in [3.8, 4) is 0 Å². The fourth-order valence-electron chi connectivity index (χ4n) is 3.07. The zero-order chi connectivity index (χ0) is 17.9. The molecule has 0 spiro atoms. The van der Waals surface area contributed by atoms with Crippen LogP contribution in [0.25, 0.3) is 10.9 Å². The van der Waals surface area contributed by atoms with Crippen molar-refractivity contribution in [3.05, 3.63) is 71.9 Å². The summed E-state index contributed by atoms with van der Waals surface area (Å²) in [5.74, 6) is 0. The molecule has 2 aromatic carbocycles. The summed E-state index contributed by atoms with van der Waals surface area (Å²) in [5.41, 5.74) is 3.82. The Hall–Kier alpha value is -2.24. The van der Waals surface area contributed by atoms with E-state index in [9.17, 15) is 13.0 Å². The standard InChI is InChI=1S/C13H14N.C7H8O3S/c1-2-7-13-11(5-1)8-9-12-6-3-4-10-14(12)13;1-6-2-4-7(5-3-6)11(8,9)10/h1-2,5,7-9H,3-4,6,10H2;2-5H,1H3,(H,8,9,10)/q+1;/p-1. The minimum absolute atomic E-state index is 0.178. The van der Waals surface area contributed by atoms with Crippen molar-refractivity contribution < 1.29 is 17.5 Å². The summed E-state index contributed by atoms with van der Waals surface area (Å²) >= 11 is 0. The number of pyridine rings is 1. The highest BCUT2D eigenvalue weighted by Gasteiger charge is 2.18. The second-order valence-electron chi connectivity index (χ2n) is 6.26. The van der Waals surface area contributed by atoms with Crippen molar-refractivity contribution >= 4 is 21.0 Å². The fourth-order valence-corrected chi connectivity index (χ4v) is 3.54. The smallest absolute Gasteiger partial charge is 0.212 e. The van der Waals surface area contributed by atoms with Gasteiger partial charge in [-0.2, -0.15) is 4.57 Å². The van der Waals surface area contributed by atoms with Crippen LogP contribution in [-0.4, -0.2) is 13.0 Å². The zero-order valence-electron chi connectivity index (χ0n) is 14.2. The van der Waals surface area contributed by atoms with E-state index in [4.69, 9.17) is 0 Å². The average Bonchev–Trinajstić information content (AvgIpc) is 2.62. The van der Waals surface area contributed by atoms with Crippen LogP contribution >= 0.6 is 0 Å². The molecule has 0 N–H and O–H groups in total. The summed E-state index contributed by atoms with van der Waals surface area (Å²) in [6.07, 6.45) is 3.91. The summed E-state index contributed by atoms with van der Waals surface area (Å²) in [6, 6.07) is 19.0. The van der Waals surface area contributed by atoms with Gasteiger partial charge in [0.15, 0.2) is 5.69 Å². The molecule has 0 unspecified atom stereocenters. The number of fused-ring (bicyclic) bond motifs is 3. The minimum atomic E-state index is -4.27. The molecule has 0 atom stereocenters. The summed E-state index contributed by atoms with van der Waals surface area (Å²) in [7, 11) is -4.27. The number of nitrogens with zero attached hydrogens (tertiary/aromatic N) is 1. The quantitative estimate of drug-likeness (QED) is 0.497. The number of benzene rings is 2.